The number of halogens is 2. The minimum absolute atomic E-state index is 0.0355. The van der Waals surface area contributed by atoms with E-state index in [4.69, 9.17) is 37.4 Å². The van der Waals surface area contributed by atoms with Gasteiger partial charge in [-0.2, -0.15) is 0 Å². The number of esters is 2. The molecular formula is C24H22Cl2N4O6S. The number of hydrogen-bond donors (Lipinski definition) is 1. The third-order valence-electron chi connectivity index (χ3n) is 4.75. The van der Waals surface area contributed by atoms with Crippen molar-refractivity contribution in [3.05, 3.63) is 76.0 Å². The van der Waals surface area contributed by atoms with Crippen LogP contribution in [0.25, 0.3) is 0 Å². The number of thioether (sulfide) groups is 1. The molecule has 1 amide bonds. The van der Waals surface area contributed by atoms with Crippen LogP contribution >= 0.6 is 35.0 Å². The third kappa shape index (κ3) is 7.48. The van der Waals surface area contributed by atoms with Crippen molar-refractivity contribution in [3.63, 3.8) is 0 Å². The lowest BCUT2D eigenvalue weighted by atomic mass is 10.1. The van der Waals surface area contributed by atoms with Crippen LogP contribution in [0.15, 0.2) is 54.2 Å². The topological polar surface area (TPSA) is 122 Å². The molecule has 0 saturated heterocycles. The molecule has 2 aromatic carbocycles. The van der Waals surface area contributed by atoms with Gasteiger partial charge in [0.2, 0.25) is 5.91 Å². The number of nitrogens with one attached hydrogen (secondary N) is 1. The van der Waals surface area contributed by atoms with Crippen molar-refractivity contribution in [1.29, 1.82) is 0 Å². The molecule has 1 aromatic heterocycles. The maximum absolute atomic E-state index is 12.6. The Morgan fingerprint density at radius 2 is 1.73 bits per heavy atom. The molecule has 0 saturated carbocycles. The van der Waals surface area contributed by atoms with Gasteiger partial charge in [-0.15, -0.1) is 16.8 Å². The van der Waals surface area contributed by atoms with Crippen molar-refractivity contribution < 1.29 is 28.6 Å². The number of anilines is 1. The summed E-state index contributed by atoms with van der Waals surface area (Å²) in [6.45, 7) is 4.19. The molecule has 0 radical (unpaired) electrons. The predicted octanol–water partition coefficient (Wildman–Crippen LogP) is 4.65. The number of aromatic nitrogens is 3. The lowest BCUT2D eigenvalue weighted by molar-refractivity contribution is -0.113. The molecule has 13 heteroatoms. The fraction of sp³-hybridized carbons (Fsp3) is 0.208. The van der Waals surface area contributed by atoms with Crippen LogP contribution < -0.4 is 10.1 Å². The molecule has 0 atom stereocenters. The minimum atomic E-state index is -0.665. The summed E-state index contributed by atoms with van der Waals surface area (Å²) >= 11 is 13.3. The molecule has 37 heavy (non-hydrogen) atoms. The molecule has 0 fully saturated rings. The first-order valence-corrected chi connectivity index (χ1v) is 12.3. The van der Waals surface area contributed by atoms with Crippen molar-refractivity contribution in [1.82, 2.24) is 14.8 Å². The number of carbonyl (C=O) groups excluding carboxylic acids is 3. The molecule has 3 aromatic rings. The molecule has 3 rings (SSSR count). The fourth-order valence-electron chi connectivity index (χ4n) is 3.07. The molecule has 194 valence electrons. The monoisotopic (exact) mass is 564 g/mol. The Labute approximate surface area is 226 Å². The van der Waals surface area contributed by atoms with E-state index in [0.29, 0.717) is 33.3 Å². The Morgan fingerprint density at radius 1 is 1.05 bits per heavy atom. The summed E-state index contributed by atoms with van der Waals surface area (Å²) in [5, 5.41) is 12.3. The highest BCUT2D eigenvalue weighted by molar-refractivity contribution is 7.99. The van der Waals surface area contributed by atoms with Crippen LogP contribution in [0.1, 0.15) is 26.5 Å². The van der Waals surface area contributed by atoms with Crippen molar-refractivity contribution in [2.75, 3.05) is 25.3 Å². The summed E-state index contributed by atoms with van der Waals surface area (Å²) in [6, 6.07) is 9.00. The highest BCUT2D eigenvalue weighted by Gasteiger charge is 2.17. The number of benzene rings is 2. The SMILES string of the molecule is C=CCn1c(COc2cc(Cl)ccc2Cl)nnc1SCC(=O)Nc1cc(C(=O)OC)cc(C(=O)OC)c1. The maximum Gasteiger partial charge on any atom is 0.337 e. The molecular weight excluding hydrogens is 543 g/mol. The van der Waals surface area contributed by atoms with E-state index in [1.165, 1.54) is 32.4 Å². The van der Waals surface area contributed by atoms with Crippen LogP contribution in [0.5, 0.6) is 5.75 Å². The molecule has 0 unspecified atom stereocenters. The summed E-state index contributed by atoms with van der Waals surface area (Å²) in [4.78, 5) is 36.6. The molecule has 0 aliphatic rings. The van der Waals surface area contributed by atoms with Gasteiger partial charge in [0, 0.05) is 23.3 Å². The lowest BCUT2D eigenvalue weighted by Crippen LogP contribution is -2.16. The second-order valence-electron chi connectivity index (χ2n) is 7.28. The van der Waals surface area contributed by atoms with Gasteiger partial charge in [-0.1, -0.05) is 41.0 Å². The highest BCUT2D eigenvalue weighted by Crippen LogP contribution is 2.28. The van der Waals surface area contributed by atoms with Crippen molar-refractivity contribution >= 4 is 58.5 Å². The van der Waals surface area contributed by atoms with Crippen LogP contribution in [0.3, 0.4) is 0 Å². The molecule has 1 N–H and O–H groups in total. The van der Waals surface area contributed by atoms with E-state index in [-0.39, 0.29) is 29.2 Å². The summed E-state index contributed by atoms with van der Waals surface area (Å²) < 4.78 is 16.9. The second kappa shape index (κ2) is 13.1. The van der Waals surface area contributed by atoms with Crippen LogP contribution in [0.4, 0.5) is 5.69 Å². The molecule has 0 spiro atoms. The van der Waals surface area contributed by atoms with Crippen LogP contribution in [-0.4, -0.2) is 52.6 Å². The van der Waals surface area contributed by atoms with Gasteiger partial charge in [-0.25, -0.2) is 9.59 Å². The Morgan fingerprint density at radius 3 is 2.35 bits per heavy atom. The van der Waals surface area contributed by atoms with E-state index < -0.39 is 17.8 Å². The van der Waals surface area contributed by atoms with E-state index in [1.54, 1.807) is 28.8 Å². The zero-order valence-electron chi connectivity index (χ0n) is 19.8. The van der Waals surface area contributed by atoms with Crippen LogP contribution in [0, 0.1) is 0 Å². The number of ether oxygens (including phenoxy) is 3. The number of hydrogen-bond acceptors (Lipinski definition) is 9. The van der Waals surface area contributed by atoms with Crippen molar-refractivity contribution in [2.45, 2.75) is 18.3 Å². The van der Waals surface area contributed by atoms with Gasteiger partial charge in [0.25, 0.3) is 0 Å². The summed E-state index contributed by atoms with van der Waals surface area (Å²) in [5.41, 5.74) is 0.404. The first-order chi connectivity index (χ1) is 17.7. The zero-order valence-corrected chi connectivity index (χ0v) is 22.2. The van der Waals surface area contributed by atoms with E-state index in [1.807, 2.05) is 0 Å². The summed E-state index contributed by atoms with van der Waals surface area (Å²) in [7, 11) is 2.43. The molecule has 0 aliphatic carbocycles. The first-order valence-electron chi connectivity index (χ1n) is 10.6. The molecule has 0 bridgehead atoms. The van der Waals surface area contributed by atoms with E-state index in [0.717, 1.165) is 11.8 Å². The Bertz CT molecular complexity index is 1300. The standard InChI is InChI=1S/C24H22Cl2N4O6S/c1-4-7-30-20(12-36-19-11-16(25)5-6-18(19)26)28-29-24(30)37-13-21(31)27-17-9-14(22(32)34-2)8-15(10-17)23(33)35-3/h4-6,8-11H,1,7,12-13H2,2-3H3,(H,27,31). The second-order valence-corrected chi connectivity index (χ2v) is 9.07. The lowest BCUT2D eigenvalue weighted by Gasteiger charge is -2.11. The Kier molecular flexibility index (Phi) is 9.95. The number of nitrogens with zero attached hydrogens (tertiary/aromatic N) is 3. The maximum atomic E-state index is 12.6. The summed E-state index contributed by atoms with van der Waals surface area (Å²) in [5.74, 6) is -0.876. The number of rotatable bonds is 11. The molecule has 0 aliphatic heterocycles. The van der Waals surface area contributed by atoms with Gasteiger partial charge in [0.1, 0.15) is 12.4 Å². The highest BCUT2D eigenvalue weighted by atomic mass is 35.5. The number of amides is 1. The smallest absolute Gasteiger partial charge is 0.337 e. The summed E-state index contributed by atoms with van der Waals surface area (Å²) in [6.07, 6.45) is 1.66. The normalized spacial score (nSPS) is 10.5. The Balaban J connectivity index is 1.70. The van der Waals surface area contributed by atoms with Gasteiger partial charge in [0.05, 0.1) is 36.1 Å². The average Bonchev–Trinajstić information content (AvgIpc) is 3.28. The van der Waals surface area contributed by atoms with Gasteiger partial charge in [-0.05, 0) is 30.3 Å². The van der Waals surface area contributed by atoms with E-state index >= 15 is 0 Å². The van der Waals surface area contributed by atoms with Crippen LogP contribution in [-0.2, 0) is 27.4 Å². The van der Waals surface area contributed by atoms with Gasteiger partial charge >= 0.3 is 11.9 Å². The fourth-order valence-corrected chi connectivity index (χ4v) is 4.17. The molecule has 10 nitrogen and oxygen atoms in total. The van der Waals surface area contributed by atoms with E-state index in [2.05, 4.69) is 22.1 Å². The van der Waals surface area contributed by atoms with Gasteiger partial charge < -0.3 is 19.5 Å². The predicted molar refractivity (Wildman–Crippen MR) is 139 cm³/mol. The number of allylic oxidation sites excluding steroid dienone is 1. The van der Waals surface area contributed by atoms with E-state index in [9.17, 15) is 14.4 Å². The number of carbonyl (C=O) groups is 3. The van der Waals surface area contributed by atoms with Gasteiger partial charge in [-0.3, -0.25) is 9.36 Å². The minimum Gasteiger partial charge on any atom is -0.484 e. The van der Waals surface area contributed by atoms with Gasteiger partial charge in [0.15, 0.2) is 11.0 Å². The number of methoxy groups -OCH3 is 2. The quantitative estimate of drug-likeness (QED) is 0.201. The Hall–Kier alpha value is -3.54. The average molecular weight is 565 g/mol. The zero-order chi connectivity index (χ0) is 26.9. The first kappa shape index (κ1) is 28.0. The molecule has 1 heterocycles. The third-order valence-corrected chi connectivity index (χ3v) is 6.26. The largest absolute Gasteiger partial charge is 0.484 e. The van der Waals surface area contributed by atoms with Crippen LogP contribution in [0.2, 0.25) is 10.0 Å². The van der Waals surface area contributed by atoms with Crippen molar-refractivity contribution in [2.24, 2.45) is 0 Å². The van der Waals surface area contributed by atoms with Crippen molar-refractivity contribution in [3.8, 4) is 5.75 Å².